The zero-order chi connectivity index (χ0) is 12.7. The zero-order valence-corrected chi connectivity index (χ0v) is 12.3. The van der Waals surface area contributed by atoms with Crippen molar-refractivity contribution in [3.63, 3.8) is 0 Å². The van der Waals surface area contributed by atoms with Gasteiger partial charge in [0.05, 0.1) is 0 Å². The molecule has 1 heterocycles. The third-order valence-electron chi connectivity index (χ3n) is 4.40. The van der Waals surface area contributed by atoms with Crippen LogP contribution in [0.25, 0.3) is 0 Å². The summed E-state index contributed by atoms with van der Waals surface area (Å²) in [6, 6.07) is 0. The van der Waals surface area contributed by atoms with Gasteiger partial charge in [-0.15, -0.1) is 0 Å². The van der Waals surface area contributed by atoms with Crippen molar-refractivity contribution in [1.29, 1.82) is 0 Å². The summed E-state index contributed by atoms with van der Waals surface area (Å²) in [5.74, 6) is 0. The van der Waals surface area contributed by atoms with Crippen LogP contribution in [0.2, 0.25) is 0 Å². The third kappa shape index (κ3) is 4.57. The second-order valence-electron chi connectivity index (χ2n) is 5.57. The Balaban J connectivity index is 2.47. The molecule has 0 aromatic carbocycles. The fourth-order valence-corrected chi connectivity index (χ4v) is 2.65. The maximum Gasteiger partial charge on any atom is 0.0110 e. The Morgan fingerprint density at radius 2 is 1.59 bits per heavy atom. The molecule has 3 heteroatoms. The van der Waals surface area contributed by atoms with Crippen LogP contribution in [-0.2, 0) is 0 Å². The topological polar surface area (TPSA) is 18.5 Å². The van der Waals surface area contributed by atoms with E-state index in [0.29, 0.717) is 5.41 Å². The molecule has 1 aliphatic rings. The van der Waals surface area contributed by atoms with Crippen LogP contribution in [0.4, 0.5) is 0 Å². The van der Waals surface area contributed by atoms with E-state index in [1.54, 1.807) is 0 Å². The van der Waals surface area contributed by atoms with Crippen molar-refractivity contribution in [2.75, 3.05) is 52.9 Å². The molecule has 0 aliphatic carbocycles. The highest BCUT2D eigenvalue weighted by molar-refractivity contribution is 4.84. The molecule has 0 bridgehead atoms. The van der Waals surface area contributed by atoms with Gasteiger partial charge < -0.3 is 15.1 Å². The van der Waals surface area contributed by atoms with E-state index in [-0.39, 0.29) is 0 Å². The number of rotatable bonds is 7. The standard InChI is InChI=1S/C14H31N3/c1-5-14(6-2,12-15-7-3)13-17-10-8-16(4)9-11-17/h15H,5-13H2,1-4H3. The van der Waals surface area contributed by atoms with Gasteiger partial charge in [-0.2, -0.15) is 0 Å². The lowest BCUT2D eigenvalue weighted by molar-refractivity contribution is 0.0886. The molecule has 0 radical (unpaired) electrons. The number of hydrogen-bond donors (Lipinski definition) is 1. The first kappa shape index (κ1) is 14.9. The van der Waals surface area contributed by atoms with Crippen LogP contribution in [0, 0.1) is 5.41 Å². The van der Waals surface area contributed by atoms with Crippen molar-refractivity contribution in [3.8, 4) is 0 Å². The second-order valence-corrected chi connectivity index (χ2v) is 5.57. The van der Waals surface area contributed by atoms with Gasteiger partial charge >= 0.3 is 0 Å². The largest absolute Gasteiger partial charge is 0.316 e. The molecule has 0 atom stereocenters. The molecular weight excluding hydrogens is 210 g/mol. The Hall–Kier alpha value is -0.120. The normalized spacial score (nSPS) is 19.8. The average molecular weight is 241 g/mol. The van der Waals surface area contributed by atoms with E-state index in [4.69, 9.17) is 0 Å². The Labute approximate surface area is 108 Å². The van der Waals surface area contributed by atoms with E-state index in [1.807, 2.05) is 0 Å². The number of piperazine rings is 1. The van der Waals surface area contributed by atoms with Crippen LogP contribution in [-0.4, -0.2) is 62.7 Å². The van der Waals surface area contributed by atoms with Crippen molar-refractivity contribution in [2.45, 2.75) is 33.6 Å². The van der Waals surface area contributed by atoms with Crippen molar-refractivity contribution in [2.24, 2.45) is 5.41 Å². The van der Waals surface area contributed by atoms with Gasteiger partial charge in [0.15, 0.2) is 0 Å². The molecule has 0 aromatic rings. The maximum absolute atomic E-state index is 3.55. The fraction of sp³-hybridized carbons (Fsp3) is 1.00. The van der Waals surface area contributed by atoms with Crippen molar-refractivity contribution in [1.82, 2.24) is 15.1 Å². The first-order valence-electron chi connectivity index (χ1n) is 7.27. The number of likely N-dealkylation sites (N-methyl/N-ethyl adjacent to an activating group) is 1. The summed E-state index contributed by atoms with van der Waals surface area (Å²) in [6.45, 7) is 15.3. The first-order chi connectivity index (χ1) is 8.15. The van der Waals surface area contributed by atoms with Gasteiger partial charge in [-0.05, 0) is 31.8 Å². The molecule has 0 unspecified atom stereocenters. The van der Waals surface area contributed by atoms with Crippen LogP contribution in [0.1, 0.15) is 33.6 Å². The molecule has 1 saturated heterocycles. The molecule has 102 valence electrons. The predicted molar refractivity (Wildman–Crippen MR) is 75.5 cm³/mol. The van der Waals surface area contributed by atoms with Crippen LogP contribution in [0.5, 0.6) is 0 Å². The third-order valence-corrected chi connectivity index (χ3v) is 4.40. The Morgan fingerprint density at radius 3 is 2.06 bits per heavy atom. The minimum atomic E-state index is 0.478. The lowest BCUT2D eigenvalue weighted by Gasteiger charge is -2.40. The number of nitrogens with zero attached hydrogens (tertiary/aromatic N) is 2. The van der Waals surface area contributed by atoms with Gasteiger partial charge in [0.1, 0.15) is 0 Å². The molecule has 0 aromatic heterocycles. The highest BCUT2D eigenvalue weighted by atomic mass is 15.2. The maximum atomic E-state index is 3.55. The average Bonchev–Trinajstić information content (AvgIpc) is 2.37. The lowest BCUT2D eigenvalue weighted by atomic mass is 9.81. The Bertz CT molecular complexity index is 194. The molecule has 1 aliphatic heterocycles. The Morgan fingerprint density at radius 1 is 1.00 bits per heavy atom. The van der Waals surface area contributed by atoms with Gasteiger partial charge in [0.25, 0.3) is 0 Å². The lowest BCUT2D eigenvalue weighted by Crippen LogP contribution is -2.50. The molecule has 1 N–H and O–H groups in total. The smallest absolute Gasteiger partial charge is 0.0110 e. The summed E-state index contributed by atoms with van der Waals surface area (Å²) in [6.07, 6.45) is 2.56. The summed E-state index contributed by atoms with van der Waals surface area (Å²) in [4.78, 5) is 5.09. The highest BCUT2D eigenvalue weighted by Gasteiger charge is 2.29. The minimum absolute atomic E-state index is 0.478. The highest BCUT2D eigenvalue weighted by Crippen LogP contribution is 2.27. The first-order valence-corrected chi connectivity index (χ1v) is 7.27. The molecule has 0 amide bonds. The number of hydrogen-bond acceptors (Lipinski definition) is 3. The molecule has 17 heavy (non-hydrogen) atoms. The number of nitrogens with one attached hydrogen (secondary N) is 1. The van der Waals surface area contributed by atoms with Gasteiger partial charge in [0.2, 0.25) is 0 Å². The summed E-state index contributed by atoms with van der Waals surface area (Å²) in [7, 11) is 2.23. The van der Waals surface area contributed by atoms with Crippen LogP contribution in [0.3, 0.4) is 0 Å². The van der Waals surface area contributed by atoms with E-state index in [1.165, 1.54) is 52.1 Å². The molecule has 1 rings (SSSR count). The van der Waals surface area contributed by atoms with Gasteiger partial charge in [-0.1, -0.05) is 20.8 Å². The van der Waals surface area contributed by atoms with E-state index in [9.17, 15) is 0 Å². The fourth-order valence-electron chi connectivity index (χ4n) is 2.65. The second kappa shape index (κ2) is 7.34. The summed E-state index contributed by atoms with van der Waals surface area (Å²) in [5, 5.41) is 3.55. The quantitative estimate of drug-likeness (QED) is 0.731. The molecule has 0 spiro atoms. The summed E-state index contributed by atoms with van der Waals surface area (Å²) in [5.41, 5.74) is 0.478. The Kier molecular flexibility index (Phi) is 6.45. The summed E-state index contributed by atoms with van der Waals surface area (Å²) < 4.78 is 0. The van der Waals surface area contributed by atoms with Crippen molar-refractivity contribution in [3.05, 3.63) is 0 Å². The zero-order valence-electron chi connectivity index (χ0n) is 12.3. The van der Waals surface area contributed by atoms with E-state index in [2.05, 4.69) is 42.9 Å². The summed E-state index contributed by atoms with van der Waals surface area (Å²) >= 11 is 0. The van der Waals surface area contributed by atoms with Gasteiger partial charge in [0, 0.05) is 39.3 Å². The van der Waals surface area contributed by atoms with E-state index < -0.39 is 0 Å². The molecule has 1 fully saturated rings. The predicted octanol–water partition coefficient (Wildman–Crippen LogP) is 1.65. The van der Waals surface area contributed by atoms with Crippen LogP contribution >= 0.6 is 0 Å². The molecular formula is C14H31N3. The van der Waals surface area contributed by atoms with E-state index >= 15 is 0 Å². The van der Waals surface area contributed by atoms with Crippen molar-refractivity contribution >= 4 is 0 Å². The molecule has 3 nitrogen and oxygen atoms in total. The van der Waals surface area contributed by atoms with Crippen LogP contribution in [0.15, 0.2) is 0 Å². The monoisotopic (exact) mass is 241 g/mol. The van der Waals surface area contributed by atoms with E-state index in [0.717, 1.165) is 6.54 Å². The molecule has 0 saturated carbocycles. The minimum Gasteiger partial charge on any atom is -0.316 e. The van der Waals surface area contributed by atoms with Gasteiger partial charge in [-0.3, -0.25) is 0 Å². The van der Waals surface area contributed by atoms with Crippen LogP contribution < -0.4 is 5.32 Å². The van der Waals surface area contributed by atoms with Gasteiger partial charge in [-0.25, -0.2) is 0 Å². The SMILES string of the molecule is CCNCC(CC)(CC)CN1CCN(C)CC1. The van der Waals surface area contributed by atoms with Crippen molar-refractivity contribution < 1.29 is 0 Å².